The van der Waals surface area contributed by atoms with Crippen LogP contribution in [0.3, 0.4) is 0 Å². The molecule has 1 saturated carbocycles. The molecule has 72 valence electrons. The average molecular weight is 187 g/mol. The summed E-state index contributed by atoms with van der Waals surface area (Å²) < 4.78 is 0.322. The van der Waals surface area contributed by atoms with Crippen LogP contribution in [0.15, 0.2) is 0 Å². The van der Waals surface area contributed by atoms with Crippen molar-refractivity contribution in [2.24, 2.45) is 0 Å². The van der Waals surface area contributed by atoms with Gasteiger partial charge in [0.05, 0.1) is 0 Å². The molecule has 0 aromatic carbocycles. The highest BCUT2D eigenvalue weighted by Crippen LogP contribution is 2.34. The van der Waals surface area contributed by atoms with Gasteiger partial charge < -0.3 is 4.90 Å². The molecule has 0 spiro atoms. The number of nitrogens with zero attached hydrogens (tertiary/aromatic N) is 1. The summed E-state index contributed by atoms with van der Waals surface area (Å²) in [4.78, 5) is 2.37. The zero-order valence-corrected chi connectivity index (χ0v) is 9.24. The molecule has 1 fully saturated rings. The van der Waals surface area contributed by atoms with E-state index in [1.54, 1.807) is 0 Å². The molecule has 0 heterocycles. The van der Waals surface area contributed by atoms with Crippen molar-refractivity contribution >= 4 is 12.6 Å². The molecule has 2 heteroatoms. The topological polar surface area (TPSA) is 3.24 Å². The van der Waals surface area contributed by atoms with Crippen LogP contribution in [0.1, 0.15) is 39.0 Å². The third kappa shape index (κ3) is 2.98. The Morgan fingerprint density at radius 3 is 2.33 bits per heavy atom. The predicted octanol–water partition coefficient (Wildman–Crippen LogP) is 2.57. The lowest BCUT2D eigenvalue weighted by Gasteiger charge is -2.35. The highest BCUT2D eigenvalue weighted by atomic mass is 32.1. The summed E-state index contributed by atoms with van der Waals surface area (Å²) in [6, 6.07) is 0. The summed E-state index contributed by atoms with van der Waals surface area (Å²) in [6.07, 6.45) is 6.78. The van der Waals surface area contributed by atoms with Gasteiger partial charge in [0.2, 0.25) is 0 Å². The van der Waals surface area contributed by atoms with E-state index in [0.717, 1.165) is 13.1 Å². The normalized spacial score (nSPS) is 23.0. The van der Waals surface area contributed by atoms with Gasteiger partial charge in [0.15, 0.2) is 0 Å². The molecule has 0 amide bonds. The van der Waals surface area contributed by atoms with Crippen molar-refractivity contribution in [2.45, 2.75) is 43.8 Å². The van der Waals surface area contributed by atoms with E-state index in [1.165, 1.54) is 32.1 Å². The molecule has 0 aromatic rings. The number of hydrogen-bond donors (Lipinski definition) is 1. The van der Waals surface area contributed by atoms with Gasteiger partial charge in [0, 0.05) is 11.3 Å². The number of rotatable bonds is 3. The number of hydrogen-bond acceptors (Lipinski definition) is 2. The van der Waals surface area contributed by atoms with Crippen LogP contribution >= 0.6 is 12.6 Å². The van der Waals surface area contributed by atoms with Crippen LogP contribution < -0.4 is 0 Å². The number of thiol groups is 1. The predicted molar refractivity (Wildman–Crippen MR) is 58.0 cm³/mol. The van der Waals surface area contributed by atoms with Crippen LogP contribution in [0, 0.1) is 0 Å². The van der Waals surface area contributed by atoms with Gasteiger partial charge in [-0.25, -0.2) is 0 Å². The van der Waals surface area contributed by atoms with Gasteiger partial charge in [-0.1, -0.05) is 26.2 Å². The molecular formula is C10H21NS. The van der Waals surface area contributed by atoms with Crippen LogP contribution in [0.5, 0.6) is 0 Å². The summed E-state index contributed by atoms with van der Waals surface area (Å²) in [5.41, 5.74) is 0. The standard InChI is InChI=1S/C10H21NS/c1-3-11(2)9-10(12)7-5-4-6-8-10/h12H,3-9H2,1-2H3. The SMILES string of the molecule is CCN(C)CC1(S)CCCCC1. The Kier molecular flexibility index (Phi) is 3.91. The monoisotopic (exact) mass is 187 g/mol. The Morgan fingerprint density at radius 1 is 1.25 bits per heavy atom. The summed E-state index contributed by atoms with van der Waals surface area (Å²) in [7, 11) is 2.19. The first kappa shape index (κ1) is 10.4. The zero-order valence-electron chi connectivity index (χ0n) is 8.34. The maximum absolute atomic E-state index is 4.80. The second kappa shape index (κ2) is 4.52. The Bertz CT molecular complexity index is 130. The molecule has 0 atom stereocenters. The highest BCUT2D eigenvalue weighted by molar-refractivity contribution is 7.81. The smallest absolute Gasteiger partial charge is 0.0256 e. The third-order valence-corrected chi connectivity index (χ3v) is 3.48. The first-order valence-electron chi connectivity index (χ1n) is 5.07. The van der Waals surface area contributed by atoms with Crippen molar-refractivity contribution in [3.8, 4) is 0 Å². The zero-order chi connectivity index (χ0) is 9.03. The molecule has 1 rings (SSSR count). The molecule has 0 unspecified atom stereocenters. The van der Waals surface area contributed by atoms with Crippen molar-refractivity contribution in [1.29, 1.82) is 0 Å². The maximum Gasteiger partial charge on any atom is 0.0256 e. The summed E-state index contributed by atoms with van der Waals surface area (Å²) in [5.74, 6) is 0. The Morgan fingerprint density at radius 2 is 1.83 bits per heavy atom. The maximum atomic E-state index is 4.80. The molecule has 12 heavy (non-hydrogen) atoms. The third-order valence-electron chi connectivity index (χ3n) is 2.89. The largest absolute Gasteiger partial charge is 0.305 e. The van der Waals surface area contributed by atoms with E-state index < -0.39 is 0 Å². The van der Waals surface area contributed by atoms with E-state index in [9.17, 15) is 0 Å². The van der Waals surface area contributed by atoms with E-state index in [2.05, 4.69) is 18.9 Å². The lowest BCUT2D eigenvalue weighted by molar-refractivity contribution is 0.268. The first-order valence-corrected chi connectivity index (χ1v) is 5.52. The van der Waals surface area contributed by atoms with E-state index in [-0.39, 0.29) is 0 Å². The van der Waals surface area contributed by atoms with Gasteiger partial charge in [0.25, 0.3) is 0 Å². The van der Waals surface area contributed by atoms with Gasteiger partial charge in [-0.05, 0) is 26.4 Å². The van der Waals surface area contributed by atoms with Crippen molar-refractivity contribution in [3.05, 3.63) is 0 Å². The van der Waals surface area contributed by atoms with E-state index >= 15 is 0 Å². The Labute approximate surface area is 81.9 Å². The van der Waals surface area contributed by atoms with Crippen molar-refractivity contribution < 1.29 is 0 Å². The minimum absolute atomic E-state index is 0.322. The van der Waals surface area contributed by atoms with E-state index in [0.29, 0.717) is 4.75 Å². The quantitative estimate of drug-likeness (QED) is 0.665. The van der Waals surface area contributed by atoms with E-state index in [4.69, 9.17) is 12.6 Å². The van der Waals surface area contributed by atoms with Gasteiger partial charge in [-0.15, -0.1) is 0 Å². The Balaban J connectivity index is 2.35. The fourth-order valence-corrected chi connectivity index (χ4v) is 2.54. The van der Waals surface area contributed by atoms with Crippen LogP contribution in [0.4, 0.5) is 0 Å². The fraction of sp³-hybridized carbons (Fsp3) is 1.00. The van der Waals surface area contributed by atoms with Crippen LogP contribution in [0.25, 0.3) is 0 Å². The Hall–Kier alpha value is 0.310. The van der Waals surface area contributed by atoms with Crippen LogP contribution in [-0.2, 0) is 0 Å². The summed E-state index contributed by atoms with van der Waals surface area (Å²) in [6.45, 7) is 4.51. The van der Waals surface area contributed by atoms with Crippen LogP contribution in [0.2, 0.25) is 0 Å². The lowest BCUT2D eigenvalue weighted by Crippen LogP contribution is -2.38. The molecule has 0 radical (unpaired) electrons. The average Bonchev–Trinajstić information content (AvgIpc) is 2.05. The molecule has 1 aliphatic carbocycles. The van der Waals surface area contributed by atoms with Crippen molar-refractivity contribution in [1.82, 2.24) is 4.90 Å². The second-order valence-electron chi connectivity index (χ2n) is 4.12. The van der Waals surface area contributed by atoms with Gasteiger partial charge in [-0.2, -0.15) is 12.6 Å². The van der Waals surface area contributed by atoms with Crippen LogP contribution in [-0.4, -0.2) is 29.8 Å². The minimum atomic E-state index is 0.322. The molecule has 1 aliphatic rings. The molecule has 0 aromatic heterocycles. The molecule has 0 N–H and O–H groups in total. The van der Waals surface area contributed by atoms with Crippen molar-refractivity contribution in [3.63, 3.8) is 0 Å². The molecular weight excluding hydrogens is 166 g/mol. The summed E-state index contributed by atoms with van der Waals surface area (Å²) in [5, 5.41) is 0. The lowest BCUT2D eigenvalue weighted by atomic mass is 9.88. The van der Waals surface area contributed by atoms with E-state index in [1.807, 2.05) is 0 Å². The minimum Gasteiger partial charge on any atom is -0.305 e. The summed E-state index contributed by atoms with van der Waals surface area (Å²) >= 11 is 4.80. The van der Waals surface area contributed by atoms with Gasteiger partial charge in [-0.3, -0.25) is 0 Å². The van der Waals surface area contributed by atoms with Gasteiger partial charge >= 0.3 is 0 Å². The fourth-order valence-electron chi connectivity index (χ4n) is 1.98. The van der Waals surface area contributed by atoms with Gasteiger partial charge in [0.1, 0.15) is 0 Å². The molecule has 1 nitrogen and oxygen atoms in total. The molecule has 0 aliphatic heterocycles. The second-order valence-corrected chi connectivity index (χ2v) is 5.06. The molecule has 0 bridgehead atoms. The first-order chi connectivity index (χ1) is 5.66. The van der Waals surface area contributed by atoms with Crippen molar-refractivity contribution in [2.75, 3.05) is 20.1 Å². The highest BCUT2D eigenvalue weighted by Gasteiger charge is 2.28. The molecule has 0 saturated heterocycles.